The zero-order valence-corrected chi connectivity index (χ0v) is 8.90. The lowest BCUT2D eigenvalue weighted by atomic mass is 10.3. The number of methoxy groups -OCH3 is 1. The van der Waals surface area contributed by atoms with Crippen molar-refractivity contribution in [1.29, 1.82) is 0 Å². The maximum Gasteiger partial charge on any atom is 0.124 e. The fraction of sp³-hybridized carbons (Fsp3) is 0.333. The summed E-state index contributed by atoms with van der Waals surface area (Å²) < 4.78 is 18.3. The molecule has 4 heteroatoms. The van der Waals surface area contributed by atoms with Crippen LogP contribution < -0.4 is 5.32 Å². The van der Waals surface area contributed by atoms with Crippen molar-refractivity contribution in [1.82, 2.24) is 0 Å². The van der Waals surface area contributed by atoms with Crippen LogP contribution in [0.4, 0.5) is 10.1 Å². The Hall–Kier alpha value is -0.610. The van der Waals surface area contributed by atoms with Crippen LogP contribution in [0.5, 0.6) is 0 Å². The van der Waals surface area contributed by atoms with Crippen LogP contribution in [0.25, 0.3) is 0 Å². The molecule has 0 aliphatic rings. The highest BCUT2D eigenvalue weighted by Gasteiger charge is 1.99. The molecule has 0 heterocycles. The van der Waals surface area contributed by atoms with Gasteiger partial charge in [-0.25, -0.2) is 4.39 Å². The van der Waals surface area contributed by atoms with Crippen LogP contribution in [0, 0.1) is 5.82 Å². The number of anilines is 1. The molecule has 72 valence electrons. The van der Waals surface area contributed by atoms with Crippen LogP contribution in [-0.4, -0.2) is 20.3 Å². The predicted octanol–water partition coefficient (Wildman–Crippen LogP) is 2.65. The standard InChI is InChI=1S/C9H11BrFNO/c1-13-5-4-12-9-3-2-7(11)6-8(9)10/h2-3,6,12H,4-5H2,1H3. The van der Waals surface area contributed by atoms with Crippen molar-refractivity contribution < 1.29 is 9.13 Å². The Morgan fingerprint density at radius 1 is 1.54 bits per heavy atom. The topological polar surface area (TPSA) is 21.3 Å². The van der Waals surface area contributed by atoms with Crippen LogP contribution in [0.3, 0.4) is 0 Å². The van der Waals surface area contributed by atoms with Crippen LogP contribution >= 0.6 is 15.9 Å². The van der Waals surface area contributed by atoms with E-state index >= 15 is 0 Å². The average Bonchev–Trinajstić information content (AvgIpc) is 2.09. The lowest BCUT2D eigenvalue weighted by molar-refractivity contribution is 0.211. The van der Waals surface area contributed by atoms with Crippen LogP contribution in [-0.2, 0) is 4.74 Å². The normalized spacial score (nSPS) is 10.1. The van der Waals surface area contributed by atoms with Gasteiger partial charge in [0.05, 0.1) is 6.61 Å². The zero-order chi connectivity index (χ0) is 9.68. The van der Waals surface area contributed by atoms with Crippen molar-refractivity contribution in [2.75, 3.05) is 25.6 Å². The smallest absolute Gasteiger partial charge is 0.124 e. The second-order valence-electron chi connectivity index (χ2n) is 2.54. The highest BCUT2D eigenvalue weighted by molar-refractivity contribution is 9.10. The van der Waals surface area contributed by atoms with Crippen LogP contribution in [0.2, 0.25) is 0 Å². The predicted molar refractivity (Wildman–Crippen MR) is 54.5 cm³/mol. The van der Waals surface area contributed by atoms with E-state index in [4.69, 9.17) is 4.74 Å². The summed E-state index contributed by atoms with van der Waals surface area (Å²) in [6.45, 7) is 1.34. The largest absolute Gasteiger partial charge is 0.383 e. The summed E-state index contributed by atoms with van der Waals surface area (Å²) in [5, 5.41) is 3.10. The molecule has 0 saturated carbocycles. The Morgan fingerprint density at radius 2 is 2.31 bits per heavy atom. The van der Waals surface area contributed by atoms with Crippen molar-refractivity contribution in [2.24, 2.45) is 0 Å². The first-order valence-corrected chi connectivity index (χ1v) is 4.71. The third-order valence-electron chi connectivity index (χ3n) is 1.55. The summed E-state index contributed by atoms with van der Waals surface area (Å²) in [5.74, 6) is -0.246. The molecule has 0 bridgehead atoms. The Labute approximate surface area is 85.2 Å². The lowest BCUT2D eigenvalue weighted by Gasteiger charge is -2.07. The fourth-order valence-electron chi connectivity index (χ4n) is 0.921. The van der Waals surface area contributed by atoms with E-state index in [1.165, 1.54) is 12.1 Å². The third-order valence-corrected chi connectivity index (χ3v) is 2.21. The van der Waals surface area contributed by atoms with E-state index in [9.17, 15) is 4.39 Å². The van der Waals surface area contributed by atoms with Gasteiger partial charge in [-0.3, -0.25) is 0 Å². The summed E-state index contributed by atoms with van der Waals surface area (Å²) in [6, 6.07) is 4.53. The highest BCUT2D eigenvalue weighted by atomic mass is 79.9. The molecule has 0 atom stereocenters. The molecule has 0 aromatic heterocycles. The minimum absolute atomic E-state index is 0.246. The van der Waals surface area contributed by atoms with Gasteiger partial charge in [0, 0.05) is 23.8 Å². The van der Waals surface area contributed by atoms with Gasteiger partial charge in [-0.05, 0) is 34.1 Å². The third kappa shape index (κ3) is 3.32. The molecule has 0 saturated heterocycles. The van der Waals surface area contributed by atoms with E-state index in [1.54, 1.807) is 13.2 Å². The van der Waals surface area contributed by atoms with E-state index in [-0.39, 0.29) is 5.82 Å². The number of rotatable bonds is 4. The molecule has 0 amide bonds. The molecule has 0 unspecified atom stereocenters. The van der Waals surface area contributed by atoms with Crippen LogP contribution in [0.1, 0.15) is 0 Å². The second kappa shape index (κ2) is 5.19. The highest BCUT2D eigenvalue weighted by Crippen LogP contribution is 2.22. The quantitative estimate of drug-likeness (QED) is 0.827. The average molecular weight is 248 g/mol. The summed E-state index contributed by atoms with van der Waals surface area (Å²) in [4.78, 5) is 0. The second-order valence-corrected chi connectivity index (χ2v) is 3.40. The summed E-state index contributed by atoms with van der Waals surface area (Å²) >= 11 is 3.26. The molecule has 1 aromatic rings. The maximum absolute atomic E-state index is 12.7. The van der Waals surface area contributed by atoms with Gasteiger partial charge < -0.3 is 10.1 Å². The summed E-state index contributed by atoms with van der Waals surface area (Å²) in [7, 11) is 1.64. The Bertz CT molecular complexity index is 280. The number of ether oxygens (including phenoxy) is 1. The first kappa shape index (κ1) is 10.5. The number of hydrogen-bond acceptors (Lipinski definition) is 2. The van der Waals surface area contributed by atoms with Crippen molar-refractivity contribution >= 4 is 21.6 Å². The zero-order valence-electron chi connectivity index (χ0n) is 7.31. The van der Waals surface area contributed by atoms with Gasteiger partial charge in [-0.2, -0.15) is 0 Å². The minimum atomic E-state index is -0.246. The molecule has 13 heavy (non-hydrogen) atoms. The van der Waals surface area contributed by atoms with E-state index in [2.05, 4.69) is 21.2 Å². The molecule has 0 fully saturated rings. The Kier molecular flexibility index (Phi) is 4.18. The Morgan fingerprint density at radius 3 is 2.92 bits per heavy atom. The molecule has 0 spiro atoms. The van der Waals surface area contributed by atoms with E-state index in [1.807, 2.05) is 0 Å². The minimum Gasteiger partial charge on any atom is -0.383 e. The van der Waals surface area contributed by atoms with Gasteiger partial charge in [0.15, 0.2) is 0 Å². The first-order chi connectivity index (χ1) is 6.24. The summed E-state index contributed by atoms with van der Waals surface area (Å²) in [5.41, 5.74) is 0.874. The number of halogens is 2. The molecule has 0 aliphatic heterocycles. The molecular weight excluding hydrogens is 237 g/mol. The fourth-order valence-corrected chi connectivity index (χ4v) is 1.41. The summed E-state index contributed by atoms with van der Waals surface area (Å²) in [6.07, 6.45) is 0. The van der Waals surface area contributed by atoms with Crippen molar-refractivity contribution in [2.45, 2.75) is 0 Å². The van der Waals surface area contributed by atoms with Crippen molar-refractivity contribution in [3.63, 3.8) is 0 Å². The molecule has 2 nitrogen and oxygen atoms in total. The van der Waals surface area contributed by atoms with Crippen LogP contribution in [0.15, 0.2) is 22.7 Å². The monoisotopic (exact) mass is 247 g/mol. The SMILES string of the molecule is COCCNc1ccc(F)cc1Br. The van der Waals surface area contributed by atoms with Gasteiger partial charge in [-0.15, -0.1) is 0 Å². The molecular formula is C9H11BrFNO. The van der Waals surface area contributed by atoms with Crippen molar-refractivity contribution in [3.8, 4) is 0 Å². The van der Waals surface area contributed by atoms with E-state index in [0.29, 0.717) is 13.2 Å². The van der Waals surface area contributed by atoms with Gasteiger partial charge in [0.25, 0.3) is 0 Å². The molecule has 0 radical (unpaired) electrons. The van der Waals surface area contributed by atoms with Gasteiger partial charge in [0.1, 0.15) is 5.82 Å². The number of nitrogens with one attached hydrogen (secondary N) is 1. The number of hydrogen-bond donors (Lipinski definition) is 1. The lowest BCUT2D eigenvalue weighted by Crippen LogP contribution is -2.07. The van der Waals surface area contributed by atoms with Gasteiger partial charge in [-0.1, -0.05) is 0 Å². The molecule has 1 aromatic carbocycles. The van der Waals surface area contributed by atoms with Gasteiger partial charge in [0.2, 0.25) is 0 Å². The van der Waals surface area contributed by atoms with Gasteiger partial charge >= 0.3 is 0 Å². The maximum atomic E-state index is 12.7. The molecule has 1 rings (SSSR count). The van der Waals surface area contributed by atoms with E-state index in [0.717, 1.165) is 10.2 Å². The Balaban J connectivity index is 2.56. The molecule has 0 aliphatic carbocycles. The first-order valence-electron chi connectivity index (χ1n) is 3.92. The van der Waals surface area contributed by atoms with E-state index < -0.39 is 0 Å². The molecule has 1 N–H and O–H groups in total. The van der Waals surface area contributed by atoms with Crippen molar-refractivity contribution in [3.05, 3.63) is 28.5 Å². The number of benzene rings is 1.